The Kier molecular flexibility index (Phi) is 4.32. The van der Waals surface area contributed by atoms with Crippen LogP contribution in [0.4, 0.5) is 5.69 Å². The van der Waals surface area contributed by atoms with Crippen LogP contribution in [0.1, 0.15) is 10.5 Å². The summed E-state index contributed by atoms with van der Waals surface area (Å²) in [5, 5.41) is 11.3. The Balaban J connectivity index is 1.99. The number of nitro benzene ring substituents is 1. The van der Waals surface area contributed by atoms with Crippen LogP contribution in [0.3, 0.4) is 0 Å². The maximum absolute atomic E-state index is 12.5. The summed E-state index contributed by atoms with van der Waals surface area (Å²) in [7, 11) is 0. The van der Waals surface area contributed by atoms with Crippen LogP contribution in [0.15, 0.2) is 53.3 Å². The average Bonchev–Trinajstić information content (AvgIpc) is 3.03. The van der Waals surface area contributed by atoms with E-state index in [9.17, 15) is 19.7 Å². The van der Waals surface area contributed by atoms with Gasteiger partial charge in [0.15, 0.2) is 17.2 Å². The molecule has 2 aromatic carbocycles. The quantitative estimate of drug-likeness (QED) is 0.389. The SMILES string of the molecule is NC(=O)c1nc(-c2ccc([N+](=O)[O-])cc2)nc2c1[nH]c(=O)n2-c1ccc(Cl)cc1. The molecule has 144 valence electrons. The predicted molar refractivity (Wildman–Crippen MR) is 105 cm³/mol. The Morgan fingerprint density at radius 2 is 1.76 bits per heavy atom. The zero-order chi connectivity index (χ0) is 20.7. The van der Waals surface area contributed by atoms with Crippen molar-refractivity contribution in [3.05, 3.63) is 79.8 Å². The molecule has 0 aliphatic rings. The van der Waals surface area contributed by atoms with Gasteiger partial charge in [-0.2, -0.15) is 0 Å². The summed E-state index contributed by atoms with van der Waals surface area (Å²) in [5.41, 5.74) is 5.72. The minimum Gasteiger partial charge on any atom is -0.364 e. The molecule has 10 nitrogen and oxygen atoms in total. The van der Waals surface area contributed by atoms with Crippen LogP contribution in [-0.2, 0) is 0 Å². The molecule has 0 bridgehead atoms. The van der Waals surface area contributed by atoms with Crippen LogP contribution in [0.2, 0.25) is 5.02 Å². The summed E-state index contributed by atoms with van der Waals surface area (Å²) in [6.07, 6.45) is 0. The first-order chi connectivity index (χ1) is 13.8. The zero-order valence-electron chi connectivity index (χ0n) is 14.5. The van der Waals surface area contributed by atoms with Gasteiger partial charge in [0.1, 0.15) is 5.52 Å². The van der Waals surface area contributed by atoms with Gasteiger partial charge in [0.25, 0.3) is 11.6 Å². The van der Waals surface area contributed by atoms with E-state index >= 15 is 0 Å². The maximum Gasteiger partial charge on any atom is 0.332 e. The van der Waals surface area contributed by atoms with E-state index in [4.69, 9.17) is 17.3 Å². The number of H-pyrrole nitrogens is 1. The lowest BCUT2D eigenvalue weighted by Crippen LogP contribution is -2.15. The van der Waals surface area contributed by atoms with Crippen molar-refractivity contribution >= 4 is 34.4 Å². The fraction of sp³-hybridized carbons (Fsp3) is 0. The van der Waals surface area contributed by atoms with Crippen molar-refractivity contribution in [3.8, 4) is 17.1 Å². The van der Waals surface area contributed by atoms with Gasteiger partial charge in [-0.25, -0.2) is 19.3 Å². The number of fused-ring (bicyclic) bond motifs is 1. The molecule has 0 spiro atoms. The van der Waals surface area contributed by atoms with Crippen molar-refractivity contribution < 1.29 is 9.72 Å². The number of amides is 1. The molecule has 1 amide bonds. The van der Waals surface area contributed by atoms with Crippen molar-refractivity contribution in [2.45, 2.75) is 0 Å². The van der Waals surface area contributed by atoms with E-state index in [2.05, 4.69) is 15.0 Å². The van der Waals surface area contributed by atoms with Gasteiger partial charge in [0.2, 0.25) is 0 Å². The number of primary amides is 1. The molecular formula is C18H11ClN6O4. The van der Waals surface area contributed by atoms with E-state index in [0.717, 1.165) is 0 Å². The largest absolute Gasteiger partial charge is 0.364 e. The number of imidazole rings is 1. The van der Waals surface area contributed by atoms with Crippen LogP contribution in [0.25, 0.3) is 28.2 Å². The highest BCUT2D eigenvalue weighted by atomic mass is 35.5. The third-order valence-electron chi connectivity index (χ3n) is 4.19. The van der Waals surface area contributed by atoms with Gasteiger partial charge in [-0.3, -0.25) is 14.9 Å². The number of aromatic nitrogens is 4. The van der Waals surface area contributed by atoms with Crippen LogP contribution in [0.5, 0.6) is 0 Å². The third kappa shape index (κ3) is 3.21. The number of rotatable bonds is 4. The maximum atomic E-state index is 12.5. The summed E-state index contributed by atoms with van der Waals surface area (Å²) in [5.74, 6) is -0.770. The molecule has 0 aliphatic heterocycles. The summed E-state index contributed by atoms with van der Waals surface area (Å²) >= 11 is 5.91. The monoisotopic (exact) mass is 410 g/mol. The number of nitrogens with two attached hydrogens (primary N) is 1. The number of nitrogens with zero attached hydrogens (tertiary/aromatic N) is 4. The van der Waals surface area contributed by atoms with Crippen molar-refractivity contribution in [1.82, 2.24) is 19.5 Å². The number of non-ortho nitro benzene ring substituents is 1. The first-order valence-corrected chi connectivity index (χ1v) is 8.56. The first kappa shape index (κ1) is 18.3. The van der Waals surface area contributed by atoms with Crippen molar-refractivity contribution in [2.24, 2.45) is 5.73 Å². The lowest BCUT2D eigenvalue weighted by molar-refractivity contribution is -0.384. The number of nitro groups is 1. The third-order valence-corrected chi connectivity index (χ3v) is 4.44. The Hall–Kier alpha value is -4.05. The van der Waals surface area contributed by atoms with Crippen LogP contribution in [0, 0.1) is 10.1 Å². The summed E-state index contributed by atoms with van der Waals surface area (Å²) in [6.45, 7) is 0. The van der Waals surface area contributed by atoms with Crippen LogP contribution >= 0.6 is 11.6 Å². The number of aromatic amines is 1. The average molecular weight is 411 g/mol. The molecule has 0 saturated carbocycles. The van der Waals surface area contributed by atoms with Crippen LogP contribution in [-0.4, -0.2) is 30.3 Å². The van der Waals surface area contributed by atoms with Gasteiger partial charge in [0.05, 0.1) is 10.6 Å². The van der Waals surface area contributed by atoms with Crippen LogP contribution < -0.4 is 11.4 Å². The standard InChI is InChI=1S/C18H11ClN6O4/c19-10-3-7-11(8-4-10)24-17-14(22-18(24)27)13(15(20)26)21-16(23-17)9-1-5-12(6-2-9)25(28)29/h1-8H,(H2,20,26)(H,22,27). The van der Waals surface area contributed by atoms with E-state index < -0.39 is 16.5 Å². The fourth-order valence-corrected chi connectivity index (χ4v) is 2.98. The smallest absolute Gasteiger partial charge is 0.332 e. The van der Waals surface area contributed by atoms with Gasteiger partial charge in [-0.1, -0.05) is 11.6 Å². The number of hydrogen-bond donors (Lipinski definition) is 2. The summed E-state index contributed by atoms with van der Waals surface area (Å²) in [6, 6.07) is 11.9. The Bertz CT molecular complexity index is 1330. The fourth-order valence-electron chi connectivity index (χ4n) is 2.85. The van der Waals surface area contributed by atoms with Gasteiger partial charge in [-0.15, -0.1) is 0 Å². The van der Waals surface area contributed by atoms with Gasteiger partial charge in [0, 0.05) is 22.7 Å². The Labute approximate surface area is 166 Å². The minimum atomic E-state index is -0.856. The van der Waals surface area contributed by atoms with Gasteiger partial charge < -0.3 is 10.7 Å². The molecular weight excluding hydrogens is 400 g/mol. The molecule has 11 heteroatoms. The van der Waals surface area contributed by atoms with E-state index in [1.54, 1.807) is 24.3 Å². The van der Waals surface area contributed by atoms with E-state index in [0.29, 0.717) is 16.3 Å². The molecule has 0 unspecified atom stereocenters. The molecule has 3 N–H and O–H groups in total. The molecule has 0 fully saturated rings. The zero-order valence-corrected chi connectivity index (χ0v) is 15.3. The number of hydrogen-bond acceptors (Lipinski definition) is 6. The first-order valence-electron chi connectivity index (χ1n) is 8.18. The Morgan fingerprint density at radius 3 is 2.34 bits per heavy atom. The molecule has 0 aliphatic carbocycles. The number of halogens is 1. The molecule has 4 rings (SSSR count). The number of carbonyl (C=O) groups is 1. The molecule has 0 radical (unpaired) electrons. The second kappa shape index (κ2) is 6.84. The highest BCUT2D eigenvalue weighted by Crippen LogP contribution is 2.24. The lowest BCUT2D eigenvalue weighted by atomic mass is 10.2. The molecule has 0 saturated heterocycles. The van der Waals surface area contributed by atoms with Gasteiger partial charge in [-0.05, 0) is 36.4 Å². The minimum absolute atomic E-state index is 0.0860. The molecule has 0 atom stereocenters. The van der Waals surface area contributed by atoms with Crippen molar-refractivity contribution in [3.63, 3.8) is 0 Å². The highest BCUT2D eigenvalue weighted by molar-refractivity contribution is 6.30. The normalized spacial score (nSPS) is 10.9. The highest BCUT2D eigenvalue weighted by Gasteiger charge is 2.20. The van der Waals surface area contributed by atoms with E-state index in [1.165, 1.54) is 28.8 Å². The molecule has 2 aromatic heterocycles. The summed E-state index contributed by atoms with van der Waals surface area (Å²) in [4.78, 5) is 45.9. The van der Waals surface area contributed by atoms with Gasteiger partial charge >= 0.3 is 5.69 Å². The number of carbonyl (C=O) groups excluding carboxylic acids is 1. The molecule has 29 heavy (non-hydrogen) atoms. The molecule has 4 aromatic rings. The second-order valence-corrected chi connectivity index (χ2v) is 6.44. The molecule has 2 heterocycles. The number of nitrogens with one attached hydrogen (secondary N) is 1. The Morgan fingerprint density at radius 1 is 1.10 bits per heavy atom. The second-order valence-electron chi connectivity index (χ2n) is 6.00. The number of benzene rings is 2. The summed E-state index contributed by atoms with van der Waals surface area (Å²) < 4.78 is 1.26. The van der Waals surface area contributed by atoms with Crippen molar-refractivity contribution in [2.75, 3.05) is 0 Å². The predicted octanol–water partition coefficient (Wildman–Crippen LogP) is 2.44. The van der Waals surface area contributed by atoms with E-state index in [1.807, 2.05) is 0 Å². The lowest BCUT2D eigenvalue weighted by Gasteiger charge is -2.06. The topological polar surface area (TPSA) is 150 Å². The van der Waals surface area contributed by atoms with Crippen molar-refractivity contribution in [1.29, 1.82) is 0 Å². The van der Waals surface area contributed by atoms with E-state index in [-0.39, 0.29) is 28.4 Å².